The van der Waals surface area contributed by atoms with E-state index in [4.69, 9.17) is 0 Å². The van der Waals surface area contributed by atoms with Gasteiger partial charge in [0.2, 0.25) is 5.91 Å². The van der Waals surface area contributed by atoms with Crippen molar-refractivity contribution >= 4 is 11.8 Å². The summed E-state index contributed by atoms with van der Waals surface area (Å²) in [6.07, 6.45) is 0.701. The van der Waals surface area contributed by atoms with Crippen molar-refractivity contribution in [3.05, 3.63) is 70.8 Å². The molecule has 0 unspecified atom stereocenters. The zero-order valence-corrected chi connectivity index (χ0v) is 14.4. The van der Waals surface area contributed by atoms with E-state index in [1.54, 1.807) is 0 Å². The van der Waals surface area contributed by atoms with E-state index >= 15 is 0 Å². The summed E-state index contributed by atoms with van der Waals surface area (Å²) in [6.45, 7) is 3.31. The molecule has 0 spiro atoms. The van der Waals surface area contributed by atoms with Crippen LogP contribution in [0, 0.1) is 6.92 Å². The van der Waals surface area contributed by atoms with E-state index in [0.29, 0.717) is 13.0 Å². The molecule has 0 saturated heterocycles. The molecule has 0 fully saturated rings. The highest BCUT2D eigenvalue weighted by atomic mass is 16.2. The van der Waals surface area contributed by atoms with E-state index in [2.05, 4.69) is 22.8 Å². The van der Waals surface area contributed by atoms with Crippen molar-refractivity contribution in [3.8, 4) is 0 Å². The minimum atomic E-state index is -0.176. The van der Waals surface area contributed by atoms with Crippen LogP contribution in [0.15, 0.2) is 48.5 Å². The van der Waals surface area contributed by atoms with Crippen LogP contribution < -0.4 is 16.0 Å². The largest absolute Gasteiger partial charge is 0.350 e. The Balaban J connectivity index is 1.43. The van der Waals surface area contributed by atoms with Gasteiger partial charge in [-0.2, -0.15) is 0 Å². The third-order valence-electron chi connectivity index (χ3n) is 4.55. The smallest absolute Gasteiger partial charge is 0.279 e. The summed E-state index contributed by atoms with van der Waals surface area (Å²) in [6, 6.07) is 16.0. The third-order valence-corrected chi connectivity index (χ3v) is 4.55. The van der Waals surface area contributed by atoms with Gasteiger partial charge >= 0.3 is 0 Å². The first-order valence-electron chi connectivity index (χ1n) is 8.62. The van der Waals surface area contributed by atoms with E-state index in [1.807, 2.05) is 48.6 Å². The Hall–Kier alpha value is -2.66. The summed E-state index contributed by atoms with van der Waals surface area (Å²) < 4.78 is 0. The first-order valence-corrected chi connectivity index (χ1v) is 8.62. The van der Waals surface area contributed by atoms with Gasteiger partial charge in [-0.1, -0.05) is 54.1 Å². The lowest BCUT2D eigenvalue weighted by molar-refractivity contribution is -0.695. The minimum Gasteiger partial charge on any atom is -0.350 e. The fourth-order valence-electron chi connectivity index (χ4n) is 3.01. The quantitative estimate of drug-likeness (QED) is 0.739. The summed E-state index contributed by atoms with van der Waals surface area (Å²) in [5.41, 5.74) is 4.73. The lowest BCUT2D eigenvalue weighted by Gasteiger charge is -2.22. The number of amides is 2. The SMILES string of the molecule is Cc1ccc(CNC(=O)CNC(=O)[C@@H]2Cc3ccccc3C[NH2+]2)cc1. The second kappa shape index (κ2) is 7.94. The second-order valence-electron chi connectivity index (χ2n) is 6.50. The fourth-order valence-corrected chi connectivity index (χ4v) is 3.01. The minimum absolute atomic E-state index is 0.0106. The zero-order chi connectivity index (χ0) is 17.6. The predicted molar refractivity (Wildman–Crippen MR) is 95.6 cm³/mol. The maximum Gasteiger partial charge on any atom is 0.279 e. The van der Waals surface area contributed by atoms with Gasteiger partial charge in [-0.05, 0) is 18.1 Å². The Morgan fingerprint density at radius 1 is 1.04 bits per heavy atom. The molecule has 130 valence electrons. The average molecular weight is 338 g/mol. The lowest BCUT2D eigenvalue weighted by atomic mass is 9.95. The molecule has 25 heavy (non-hydrogen) atoms. The molecule has 1 aliphatic rings. The standard InChI is InChI=1S/C20H23N3O2/c1-14-6-8-15(9-7-14)11-22-19(24)13-23-20(25)18-10-16-4-2-3-5-17(16)12-21-18/h2-9,18,21H,10-13H2,1H3,(H,22,24)(H,23,25)/p+1/t18-/m0/s1. The molecule has 4 N–H and O–H groups in total. The molecule has 0 aliphatic carbocycles. The van der Waals surface area contributed by atoms with E-state index in [1.165, 1.54) is 16.7 Å². The molecule has 2 amide bonds. The Bertz CT molecular complexity index is 756. The molecule has 0 radical (unpaired) electrons. The van der Waals surface area contributed by atoms with E-state index in [9.17, 15) is 9.59 Å². The van der Waals surface area contributed by atoms with Gasteiger partial charge in [0.1, 0.15) is 6.54 Å². The average Bonchev–Trinajstić information content (AvgIpc) is 2.65. The van der Waals surface area contributed by atoms with Gasteiger partial charge in [0.15, 0.2) is 6.04 Å². The molecule has 2 aromatic rings. The van der Waals surface area contributed by atoms with Crippen LogP contribution in [0.5, 0.6) is 0 Å². The number of hydrogen-bond acceptors (Lipinski definition) is 2. The molecule has 3 rings (SSSR count). The number of nitrogens with two attached hydrogens (primary N) is 1. The number of rotatable bonds is 5. The van der Waals surface area contributed by atoms with Crippen molar-refractivity contribution in [2.45, 2.75) is 32.5 Å². The number of benzene rings is 2. The number of carbonyl (C=O) groups is 2. The third kappa shape index (κ3) is 4.67. The Morgan fingerprint density at radius 3 is 2.52 bits per heavy atom. The summed E-state index contributed by atoms with van der Waals surface area (Å²) in [7, 11) is 0. The molecule has 0 bridgehead atoms. The van der Waals surface area contributed by atoms with Crippen LogP contribution in [-0.2, 0) is 29.1 Å². The highest BCUT2D eigenvalue weighted by Crippen LogP contribution is 2.12. The van der Waals surface area contributed by atoms with E-state index in [0.717, 1.165) is 12.1 Å². The van der Waals surface area contributed by atoms with Gasteiger partial charge < -0.3 is 16.0 Å². The summed E-state index contributed by atoms with van der Waals surface area (Å²) in [4.78, 5) is 24.2. The number of hydrogen-bond donors (Lipinski definition) is 3. The Morgan fingerprint density at radius 2 is 1.76 bits per heavy atom. The molecular formula is C20H24N3O2+. The first kappa shape index (κ1) is 17.2. The molecule has 5 heteroatoms. The highest BCUT2D eigenvalue weighted by Gasteiger charge is 2.27. The van der Waals surface area contributed by atoms with Crippen LogP contribution in [0.4, 0.5) is 0 Å². The normalized spacial score (nSPS) is 16.0. The number of nitrogens with one attached hydrogen (secondary N) is 2. The van der Waals surface area contributed by atoms with Gasteiger partial charge in [0.25, 0.3) is 5.91 Å². The van der Waals surface area contributed by atoms with Gasteiger partial charge in [0.05, 0.1) is 6.54 Å². The number of aryl methyl sites for hydroxylation is 1. The van der Waals surface area contributed by atoms with Gasteiger partial charge in [0, 0.05) is 18.5 Å². The second-order valence-corrected chi connectivity index (χ2v) is 6.50. The molecule has 5 nitrogen and oxygen atoms in total. The maximum atomic E-state index is 12.3. The van der Waals surface area contributed by atoms with Crippen molar-refractivity contribution in [2.75, 3.05) is 6.54 Å². The van der Waals surface area contributed by atoms with E-state index in [-0.39, 0.29) is 24.4 Å². The van der Waals surface area contributed by atoms with Gasteiger partial charge in [-0.15, -0.1) is 0 Å². The molecular weight excluding hydrogens is 314 g/mol. The molecule has 1 aliphatic heterocycles. The summed E-state index contributed by atoms with van der Waals surface area (Å²) in [5, 5.41) is 7.60. The van der Waals surface area contributed by atoms with Crippen LogP contribution in [-0.4, -0.2) is 24.4 Å². The van der Waals surface area contributed by atoms with Crippen LogP contribution in [0.2, 0.25) is 0 Å². The Kier molecular flexibility index (Phi) is 5.46. The zero-order valence-electron chi connectivity index (χ0n) is 14.4. The lowest BCUT2D eigenvalue weighted by Crippen LogP contribution is -2.93. The number of quaternary nitrogens is 1. The first-order chi connectivity index (χ1) is 12.1. The number of carbonyl (C=O) groups excluding carboxylic acids is 2. The van der Waals surface area contributed by atoms with Crippen molar-refractivity contribution < 1.29 is 14.9 Å². The molecule has 1 heterocycles. The van der Waals surface area contributed by atoms with Gasteiger partial charge in [-0.25, -0.2) is 0 Å². The molecule has 0 aromatic heterocycles. The predicted octanol–water partition coefficient (Wildman–Crippen LogP) is 0.416. The summed E-state index contributed by atoms with van der Waals surface area (Å²) >= 11 is 0. The monoisotopic (exact) mass is 338 g/mol. The van der Waals surface area contributed by atoms with Crippen molar-refractivity contribution in [3.63, 3.8) is 0 Å². The maximum absolute atomic E-state index is 12.3. The highest BCUT2D eigenvalue weighted by molar-refractivity contribution is 5.86. The van der Waals surface area contributed by atoms with Crippen LogP contribution in [0.25, 0.3) is 0 Å². The van der Waals surface area contributed by atoms with Crippen molar-refractivity contribution in [2.24, 2.45) is 0 Å². The van der Waals surface area contributed by atoms with E-state index < -0.39 is 0 Å². The van der Waals surface area contributed by atoms with Crippen molar-refractivity contribution in [1.82, 2.24) is 10.6 Å². The Labute approximate surface area is 147 Å². The molecule has 2 aromatic carbocycles. The topological polar surface area (TPSA) is 74.8 Å². The van der Waals surface area contributed by atoms with Crippen molar-refractivity contribution in [1.29, 1.82) is 0 Å². The van der Waals surface area contributed by atoms with Gasteiger partial charge in [-0.3, -0.25) is 9.59 Å². The fraction of sp³-hybridized carbons (Fsp3) is 0.300. The van der Waals surface area contributed by atoms with Crippen LogP contribution >= 0.6 is 0 Å². The van der Waals surface area contributed by atoms with Crippen LogP contribution in [0.3, 0.4) is 0 Å². The molecule has 1 atom stereocenters. The summed E-state index contributed by atoms with van der Waals surface area (Å²) in [5.74, 6) is -0.259. The number of fused-ring (bicyclic) bond motifs is 1. The van der Waals surface area contributed by atoms with Crippen LogP contribution in [0.1, 0.15) is 22.3 Å². The molecule has 0 saturated carbocycles.